The highest BCUT2D eigenvalue weighted by atomic mass is 32.3. The summed E-state index contributed by atoms with van der Waals surface area (Å²) in [4.78, 5) is 55.0. The molecule has 0 saturated carbocycles. The number of hydrogen-bond acceptors (Lipinski definition) is 11. The zero-order valence-corrected chi connectivity index (χ0v) is 30.6. The lowest BCUT2D eigenvalue weighted by Crippen LogP contribution is -2.38. The van der Waals surface area contributed by atoms with E-state index in [-0.39, 0.29) is 35.4 Å². The van der Waals surface area contributed by atoms with Gasteiger partial charge in [-0.1, -0.05) is 36.4 Å². The summed E-state index contributed by atoms with van der Waals surface area (Å²) in [6, 6.07) is 27.4. The van der Waals surface area contributed by atoms with Gasteiger partial charge in [0.2, 0.25) is 11.0 Å². The number of hydroxylamine groups is 2. The zero-order chi connectivity index (χ0) is 39.2. The molecule has 0 N–H and O–H groups in total. The number of imide groups is 1. The highest BCUT2D eigenvalue weighted by Gasteiger charge is 2.36. The molecule has 0 spiro atoms. The first-order valence-electron chi connectivity index (χ1n) is 16.4. The summed E-state index contributed by atoms with van der Waals surface area (Å²) < 4.78 is 72.3. The van der Waals surface area contributed by atoms with Crippen LogP contribution < -0.4 is 13.6 Å². The van der Waals surface area contributed by atoms with Gasteiger partial charge in [-0.05, 0) is 73.4 Å². The number of sulfonamides is 1. The molecule has 2 heterocycles. The third-order valence-corrected chi connectivity index (χ3v) is 10.3. The molecule has 1 aliphatic rings. The molecule has 5 aromatic rings. The molecule has 0 aliphatic carbocycles. The van der Waals surface area contributed by atoms with Gasteiger partial charge >= 0.3 is 5.97 Å². The molecule has 14 nitrogen and oxygen atoms in total. The van der Waals surface area contributed by atoms with Crippen molar-refractivity contribution in [2.24, 2.45) is 7.05 Å². The largest absolute Gasteiger partial charge is 0.722 e. The second kappa shape index (κ2) is 16.5. The molecule has 3 amide bonds. The van der Waals surface area contributed by atoms with Crippen LogP contribution in [0.1, 0.15) is 48.0 Å². The number of rotatable bonds is 11. The second-order valence-corrected chi connectivity index (χ2v) is 14.6. The number of anilines is 1. The van der Waals surface area contributed by atoms with Crippen molar-refractivity contribution in [3.05, 3.63) is 108 Å². The Bertz CT molecular complexity index is 2380. The number of hydrogen-bond donors (Lipinski definition) is 0. The summed E-state index contributed by atoms with van der Waals surface area (Å²) in [5, 5.41) is 1.75. The number of halogens is 1. The first kappa shape index (κ1) is 39.4. The van der Waals surface area contributed by atoms with E-state index < -0.39 is 44.2 Å². The molecule has 0 unspecified atom stereocenters. The van der Waals surface area contributed by atoms with Crippen molar-refractivity contribution in [1.29, 1.82) is 0 Å². The average Bonchev–Trinajstić information content (AvgIpc) is 3.45. The Kier molecular flexibility index (Phi) is 12.0. The molecule has 17 heteroatoms. The van der Waals surface area contributed by atoms with Crippen LogP contribution in [0.25, 0.3) is 21.8 Å². The SMILES string of the molecule is COc1ccc(N(C(=O)c2c3ccccc3[n+](C)c3ccccc23)S(=O)(=O)c2ccc(CCCCC(=O)ON3C(=O)CCC3=O)cc2)cc1.O=S(=O)([O-])F. The number of nitrogens with zero attached hydrogens (tertiary/aromatic N) is 3. The summed E-state index contributed by atoms with van der Waals surface area (Å²) in [7, 11) is -6.43. The highest BCUT2D eigenvalue weighted by molar-refractivity contribution is 7.93. The standard InChI is InChI=1S/C37H34N3O8S.FHO3S/c1-38-31-12-6-4-10-29(31)36(30-11-5-7-13-32(30)38)37(44)40(26-17-19-27(47-2)20-18-26)49(45,46)28-21-15-25(16-22-28)9-3-8-14-35(43)48-39-33(41)23-24-34(39)42;1-5(2,3)4/h4-7,10-13,15-22H,3,8-9,14,23-24H2,1-2H3;(H,2,3,4)/q+1;/p-1. The molecular formula is C37H34FN3O11S2. The minimum Gasteiger partial charge on any atom is -0.722 e. The molecule has 0 atom stereocenters. The van der Waals surface area contributed by atoms with E-state index in [0.717, 1.165) is 20.9 Å². The van der Waals surface area contributed by atoms with Gasteiger partial charge in [-0.25, -0.2) is 21.6 Å². The molecule has 282 valence electrons. The fraction of sp³-hybridized carbons (Fsp3) is 0.216. The van der Waals surface area contributed by atoms with Gasteiger partial charge in [0.25, 0.3) is 38.2 Å². The van der Waals surface area contributed by atoms with Gasteiger partial charge in [0, 0.05) is 31.4 Å². The van der Waals surface area contributed by atoms with Crippen molar-refractivity contribution in [3.63, 3.8) is 0 Å². The van der Waals surface area contributed by atoms with Crippen LogP contribution in [-0.4, -0.2) is 57.3 Å². The third-order valence-electron chi connectivity index (χ3n) is 8.53. The number of ether oxygens (including phenoxy) is 1. The number of methoxy groups -OCH3 is 1. The minimum atomic E-state index is -5.42. The number of unbranched alkanes of at least 4 members (excludes halogenated alkanes) is 1. The van der Waals surface area contributed by atoms with E-state index in [9.17, 15) is 31.5 Å². The fourth-order valence-corrected chi connectivity index (χ4v) is 7.38. The van der Waals surface area contributed by atoms with E-state index in [2.05, 4.69) is 0 Å². The number of carbonyl (C=O) groups excluding carboxylic acids is 4. The number of para-hydroxylation sites is 2. The van der Waals surface area contributed by atoms with Crippen LogP contribution >= 0.6 is 0 Å². The van der Waals surface area contributed by atoms with E-state index in [1.165, 1.54) is 31.4 Å². The summed E-state index contributed by atoms with van der Waals surface area (Å²) in [6.45, 7) is 0. The molecule has 1 fully saturated rings. The molecule has 6 rings (SSSR count). The van der Waals surface area contributed by atoms with Gasteiger partial charge in [-0.15, -0.1) is 8.95 Å². The summed E-state index contributed by atoms with van der Waals surface area (Å²) in [5.74, 6) is -1.92. The van der Waals surface area contributed by atoms with Crippen molar-refractivity contribution < 1.29 is 58.6 Å². The molecule has 1 saturated heterocycles. The normalized spacial score (nSPS) is 13.1. The minimum absolute atomic E-state index is 0.0172. The number of aryl methyl sites for hydroxylation is 2. The van der Waals surface area contributed by atoms with Crippen LogP contribution in [0.3, 0.4) is 0 Å². The monoisotopic (exact) mass is 779 g/mol. The summed E-state index contributed by atoms with van der Waals surface area (Å²) >= 11 is 0. The van der Waals surface area contributed by atoms with Crippen LogP contribution in [0, 0.1) is 0 Å². The summed E-state index contributed by atoms with van der Waals surface area (Å²) in [6.07, 6.45) is 1.63. The quantitative estimate of drug-likeness (QED) is 0.0455. The number of benzene rings is 4. The lowest BCUT2D eigenvalue weighted by Gasteiger charge is -2.24. The Morgan fingerprint density at radius 3 is 1.85 bits per heavy atom. The predicted molar refractivity (Wildman–Crippen MR) is 192 cm³/mol. The van der Waals surface area contributed by atoms with E-state index in [4.69, 9.17) is 22.5 Å². The number of carbonyl (C=O) groups is 4. The molecule has 1 aromatic heterocycles. The number of aromatic nitrogens is 1. The molecular weight excluding hydrogens is 746 g/mol. The number of pyridine rings is 1. The van der Waals surface area contributed by atoms with Crippen molar-refractivity contribution in [2.75, 3.05) is 11.4 Å². The van der Waals surface area contributed by atoms with Gasteiger partial charge in [-0.2, -0.15) is 8.87 Å². The maximum absolute atomic E-state index is 14.7. The molecule has 0 radical (unpaired) electrons. The van der Waals surface area contributed by atoms with Crippen molar-refractivity contribution in [2.45, 2.75) is 43.4 Å². The van der Waals surface area contributed by atoms with E-state index in [1.54, 1.807) is 24.3 Å². The van der Waals surface area contributed by atoms with Crippen molar-refractivity contribution in [1.82, 2.24) is 5.06 Å². The van der Waals surface area contributed by atoms with Gasteiger partial charge in [0.05, 0.1) is 34.0 Å². The average molecular weight is 780 g/mol. The molecule has 4 aromatic carbocycles. The van der Waals surface area contributed by atoms with Crippen LogP contribution in [-0.2, 0) is 53.2 Å². The Hall–Kier alpha value is -5.78. The van der Waals surface area contributed by atoms with Gasteiger partial charge in [0.1, 0.15) is 12.8 Å². The van der Waals surface area contributed by atoms with Crippen LogP contribution in [0.15, 0.2) is 102 Å². The maximum atomic E-state index is 14.7. The van der Waals surface area contributed by atoms with Crippen molar-refractivity contribution >= 4 is 71.7 Å². The Morgan fingerprint density at radius 2 is 1.33 bits per heavy atom. The maximum Gasteiger partial charge on any atom is 0.333 e. The third kappa shape index (κ3) is 9.05. The lowest BCUT2D eigenvalue weighted by molar-refractivity contribution is -0.617. The van der Waals surface area contributed by atoms with Crippen LogP contribution in [0.4, 0.5) is 9.57 Å². The first-order valence-corrected chi connectivity index (χ1v) is 19.2. The second-order valence-electron chi connectivity index (χ2n) is 12.0. The van der Waals surface area contributed by atoms with Crippen LogP contribution in [0.2, 0.25) is 0 Å². The van der Waals surface area contributed by atoms with Crippen LogP contribution in [0.5, 0.6) is 5.75 Å². The Balaban J connectivity index is 0.00000105. The first-order chi connectivity index (χ1) is 25.6. The molecule has 54 heavy (non-hydrogen) atoms. The number of fused-ring (bicyclic) bond motifs is 2. The predicted octanol–water partition coefficient (Wildman–Crippen LogP) is 4.60. The van der Waals surface area contributed by atoms with E-state index in [0.29, 0.717) is 40.8 Å². The Morgan fingerprint density at radius 1 is 0.815 bits per heavy atom. The molecule has 1 aliphatic heterocycles. The van der Waals surface area contributed by atoms with Crippen molar-refractivity contribution in [3.8, 4) is 5.75 Å². The molecule has 0 bridgehead atoms. The van der Waals surface area contributed by atoms with E-state index >= 15 is 0 Å². The summed E-state index contributed by atoms with van der Waals surface area (Å²) in [5.41, 5.74) is 2.78. The number of amides is 3. The van der Waals surface area contributed by atoms with Gasteiger partial charge in [0.15, 0.2) is 0 Å². The van der Waals surface area contributed by atoms with E-state index in [1.807, 2.05) is 60.1 Å². The van der Waals surface area contributed by atoms with Gasteiger partial charge in [-0.3, -0.25) is 14.4 Å². The smallest absolute Gasteiger partial charge is 0.333 e. The topological polar surface area (TPSA) is 188 Å². The lowest BCUT2D eigenvalue weighted by atomic mass is 10.0. The Labute approximate surface area is 310 Å². The zero-order valence-electron chi connectivity index (χ0n) is 29.0. The highest BCUT2D eigenvalue weighted by Crippen LogP contribution is 2.32. The van der Waals surface area contributed by atoms with Gasteiger partial charge < -0.3 is 14.1 Å². The fourth-order valence-electron chi connectivity index (χ4n) is 5.98.